The minimum Gasteiger partial charge on any atom is -0.443 e. The summed E-state index contributed by atoms with van der Waals surface area (Å²) in [5.74, 6) is 1.03. The molecule has 4 aromatic carbocycles. The second kappa shape index (κ2) is 17.5. The van der Waals surface area contributed by atoms with Crippen LogP contribution in [0.1, 0.15) is 78.8 Å². The summed E-state index contributed by atoms with van der Waals surface area (Å²) < 4.78 is 53.7. The molecule has 2 unspecified atom stereocenters. The van der Waals surface area contributed by atoms with E-state index in [9.17, 15) is 21.6 Å². The van der Waals surface area contributed by atoms with Crippen LogP contribution in [0, 0.1) is 0 Å². The number of sulfone groups is 2. The lowest BCUT2D eigenvalue weighted by Crippen LogP contribution is -2.26. The molecule has 59 heavy (non-hydrogen) atoms. The monoisotopic (exact) mass is 836 g/mol. The summed E-state index contributed by atoms with van der Waals surface area (Å²) in [7, 11) is -6.05. The predicted octanol–water partition coefficient (Wildman–Crippen LogP) is 8.66. The second-order valence-corrected chi connectivity index (χ2v) is 21.7. The first-order chi connectivity index (χ1) is 28.0. The zero-order valence-electron chi connectivity index (χ0n) is 34.7. The van der Waals surface area contributed by atoms with Gasteiger partial charge in [0.05, 0.1) is 17.0 Å². The average Bonchev–Trinajstić information content (AvgIpc) is 3.98. The number of para-hydroxylation sites is 2. The number of hydrogen-bond acceptors (Lipinski definition) is 8. The van der Waals surface area contributed by atoms with Crippen molar-refractivity contribution in [3.63, 3.8) is 0 Å². The van der Waals surface area contributed by atoms with Gasteiger partial charge in [0.25, 0.3) is 0 Å². The summed E-state index contributed by atoms with van der Waals surface area (Å²) in [6, 6.07) is 32.4. The Morgan fingerprint density at radius 3 is 1.78 bits per heavy atom. The normalized spacial score (nSPS) is 18.0. The minimum absolute atomic E-state index is 0.0709. The third-order valence-electron chi connectivity index (χ3n) is 11.1. The predicted molar refractivity (Wildman–Crippen MR) is 237 cm³/mol. The number of aromatic nitrogens is 2. The number of likely N-dealkylation sites (tertiary alicyclic amines) is 2. The van der Waals surface area contributed by atoms with E-state index >= 15 is 0 Å². The number of ether oxygens (including phenoxy) is 1. The van der Waals surface area contributed by atoms with Crippen LogP contribution in [0.25, 0.3) is 21.8 Å². The maximum atomic E-state index is 12.8. The first-order valence-corrected chi connectivity index (χ1v) is 24.4. The number of carbonyl (C=O) groups excluding carboxylic acids is 1. The molecule has 4 heterocycles. The molecular weight excluding hydrogens is 781 g/mol. The minimum atomic E-state index is -3.06. The first kappa shape index (κ1) is 42.4. The van der Waals surface area contributed by atoms with Crippen molar-refractivity contribution in [3.8, 4) is 0 Å². The lowest BCUT2D eigenvalue weighted by molar-refractivity contribution is 0.0544. The SMILES string of the molecule is CC(C)(C)OC(=O)n1cc(CN2CCC(c3cccc(CS(C)(=O)=O)c3)C2)c2ccccc21.CS(=O)(=O)Cc1cccc(C2CCN(Cc3c[nH]c4ccccc34)C2)c1. The van der Waals surface area contributed by atoms with Crippen molar-refractivity contribution >= 4 is 47.6 Å². The fraction of sp³-hybridized carbons (Fsp3) is 0.383. The third-order valence-corrected chi connectivity index (χ3v) is 12.8. The van der Waals surface area contributed by atoms with Crippen molar-refractivity contribution < 1.29 is 26.4 Å². The zero-order valence-corrected chi connectivity index (χ0v) is 36.4. The molecule has 10 nitrogen and oxygen atoms in total. The lowest BCUT2D eigenvalue weighted by Gasteiger charge is -2.19. The molecular formula is C47H56N4O6S2. The van der Waals surface area contributed by atoms with Gasteiger partial charge in [-0.2, -0.15) is 0 Å². The highest BCUT2D eigenvalue weighted by Gasteiger charge is 2.27. The molecule has 0 aliphatic carbocycles. The van der Waals surface area contributed by atoms with Crippen LogP contribution >= 0.6 is 0 Å². The molecule has 2 saturated heterocycles. The van der Waals surface area contributed by atoms with Crippen LogP contribution in [0.2, 0.25) is 0 Å². The Bertz CT molecular complexity index is 2660. The molecule has 0 saturated carbocycles. The van der Waals surface area contributed by atoms with Crippen molar-refractivity contribution in [1.29, 1.82) is 0 Å². The molecule has 2 aromatic heterocycles. The second-order valence-electron chi connectivity index (χ2n) is 17.5. The number of fused-ring (bicyclic) bond motifs is 2. The highest BCUT2D eigenvalue weighted by Crippen LogP contribution is 2.32. The Morgan fingerprint density at radius 2 is 1.22 bits per heavy atom. The fourth-order valence-electron chi connectivity index (χ4n) is 8.56. The number of nitrogens with zero attached hydrogens (tertiary/aromatic N) is 3. The van der Waals surface area contributed by atoms with E-state index in [2.05, 4.69) is 63.4 Å². The molecule has 2 aliphatic heterocycles. The van der Waals surface area contributed by atoms with Crippen molar-refractivity contribution in [3.05, 3.63) is 143 Å². The van der Waals surface area contributed by atoms with Crippen molar-refractivity contribution in [2.24, 2.45) is 0 Å². The highest BCUT2D eigenvalue weighted by molar-refractivity contribution is 7.90. The molecule has 0 bridgehead atoms. The van der Waals surface area contributed by atoms with Gasteiger partial charge in [-0.05, 0) is 104 Å². The maximum Gasteiger partial charge on any atom is 0.419 e. The first-order valence-electron chi connectivity index (χ1n) is 20.3. The number of nitrogens with one attached hydrogen (secondary N) is 1. The Balaban J connectivity index is 0.000000184. The van der Waals surface area contributed by atoms with Gasteiger partial charge in [-0.1, -0.05) is 84.9 Å². The van der Waals surface area contributed by atoms with Gasteiger partial charge in [0.15, 0.2) is 19.7 Å². The third kappa shape index (κ3) is 11.3. The van der Waals surface area contributed by atoms with Gasteiger partial charge in [0, 0.05) is 67.4 Å². The van der Waals surface area contributed by atoms with E-state index in [-0.39, 0.29) is 17.6 Å². The molecule has 2 aliphatic rings. The standard InChI is InChI=1S/C26H32N2O4S.C21H24N2O2S/c1-26(2,3)32-25(29)28-17-22(23-10-5-6-11-24(23)28)16-27-13-12-21(15-27)20-9-7-8-19(14-20)18-33(4,30)31;1-26(24,25)15-16-5-4-6-17(11-16)18-9-10-23(13-18)14-19-12-22-21-8-3-2-7-20(19)21/h5-11,14,17,21H,12-13,15-16,18H2,1-4H3;2-8,11-12,18,22H,9-10,13-15H2,1H3. The van der Waals surface area contributed by atoms with Crippen molar-refractivity contribution in [2.45, 2.75) is 75.6 Å². The van der Waals surface area contributed by atoms with Gasteiger partial charge in [0.2, 0.25) is 0 Å². The van der Waals surface area contributed by atoms with Gasteiger partial charge in [-0.15, -0.1) is 0 Å². The largest absolute Gasteiger partial charge is 0.443 e. The number of H-pyrrole nitrogens is 1. The van der Waals surface area contributed by atoms with E-state index < -0.39 is 25.3 Å². The molecule has 0 amide bonds. The van der Waals surface area contributed by atoms with Crippen LogP contribution in [0.5, 0.6) is 0 Å². The van der Waals surface area contributed by atoms with E-state index in [1.165, 1.54) is 40.1 Å². The number of benzene rings is 4. The number of aromatic amines is 1. The van der Waals surface area contributed by atoms with Crippen molar-refractivity contribution in [2.75, 3.05) is 38.7 Å². The summed E-state index contributed by atoms with van der Waals surface area (Å²) in [4.78, 5) is 21.0. The van der Waals surface area contributed by atoms with E-state index in [4.69, 9.17) is 4.74 Å². The summed E-state index contributed by atoms with van der Waals surface area (Å²) in [5.41, 5.74) is 8.10. The van der Waals surface area contributed by atoms with Crippen LogP contribution in [0.3, 0.4) is 0 Å². The van der Waals surface area contributed by atoms with Gasteiger partial charge in [-0.3, -0.25) is 14.4 Å². The Kier molecular flexibility index (Phi) is 12.5. The zero-order chi connectivity index (χ0) is 42.0. The van der Waals surface area contributed by atoms with Crippen LogP contribution < -0.4 is 0 Å². The summed E-state index contributed by atoms with van der Waals surface area (Å²) in [6.07, 6.45) is 8.34. The summed E-state index contributed by atoms with van der Waals surface area (Å²) in [5, 5.41) is 2.35. The molecule has 2 fully saturated rings. The molecule has 8 rings (SSSR count). The van der Waals surface area contributed by atoms with E-state index in [1.54, 1.807) is 4.57 Å². The number of rotatable bonds is 10. The maximum absolute atomic E-state index is 12.8. The fourth-order valence-corrected chi connectivity index (χ4v) is 10.1. The van der Waals surface area contributed by atoms with Gasteiger partial charge in [-0.25, -0.2) is 21.6 Å². The molecule has 0 spiro atoms. The Hall–Kier alpha value is -4.75. The van der Waals surface area contributed by atoms with Gasteiger partial charge < -0.3 is 9.72 Å². The van der Waals surface area contributed by atoms with E-state index in [1.807, 2.05) is 81.6 Å². The molecule has 6 aromatic rings. The van der Waals surface area contributed by atoms with Crippen molar-refractivity contribution in [1.82, 2.24) is 19.4 Å². The Morgan fingerprint density at radius 1 is 0.695 bits per heavy atom. The van der Waals surface area contributed by atoms with E-state index in [0.717, 1.165) is 79.7 Å². The van der Waals surface area contributed by atoms with Gasteiger partial charge in [0.1, 0.15) is 5.60 Å². The van der Waals surface area contributed by atoms with Gasteiger partial charge >= 0.3 is 6.09 Å². The van der Waals surface area contributed by atoms with Crippen LogP contribution in [0.4, 0.5) is 4.79 Å². The van der Waals surface area contributed by atoms with Crippen LogP contribution in [-0.2, 0) is 49.0 Å². The molecule has 12 heteroatoms. The number of hydrogen-bond donors (Lipinski definition) is 1. The van der Waals surface area contributed by atoms with E-state index in [0.29, 0.717) is 11.8 Å². The average molecular weight is 837 g/mol. The molecule has 2 atom stereocenters. The topological polar surface area (TPSA) is 122 Å². The molecule has 1 N–H and O–H groups in total. The summed E-state index contributed by atoms with van der Waals surface area (Å²) >= 11 is 0. The molecule has 0 radical (unpaired) electrons. The lowest BCUT2D eigenvalue weighted by atomic mass is 9.97. The molecule has 312 valence electrons. The number of carbonyl (C=O) groups is 1. The highest BCUT2D eigenvalue weighted by atomic mass is 32.2. The summed E-state index contributed by atoms with van der Waals surface area (Å²) in [6.45, 7) is 11.2. The van der Waals surface area contributed by atoms with Crippen LogP contribution in [0.15, 0.2) is 109 Å². The Labute approximate surface area is 349 Å². The smallest absolute Gasteiger partial charge is 0.419 e. The van der Waals surface area contributed by atoms with Crippen LogP contribution in [-0.4, -0.2) is 86.6 Å². The quantitative estimate of drug-likeness (QED) is 0.146.